The van der Waals surface area contributed by atoms with E-state index in [-0.39, 0.29) is 11.8 Å². The van der Waals surface area contributed by atoms with Gasteiger partial charge in [0.2, 0.25) is 0 Å². The predicted molar refractivity (Wildman–Crippen MR) is 59.9 cm³/mol. The Bertz CT molecular complexity index is 315. The van der Waals surface area contributed by atoms with Gasteiger partial charge in [0.05, 0.1) is 7.11 Å². The molecule has 1 atom stereocenters. The second-order valence-electron chi connectivity index (χ2n) is 3.46. The summed E-state index contributed by atoms with van der Waals surface area (Å²) in [4.78, 5) is 0. The predicted octanol–water partition coefficient (Wildman–Crippen LogP) is 1.14. The van der Waals surface area contributed by atoms with Gasteiger partial charge in [0.15, 0.2) is 0 Å². The highest BCUT2D eigenvalue weighted by molar-refractivity contribution is 5.41. The van der Waals surface area contributed by atoms with Gasteiger partial charge in [0, 0.05) is 17.7 Å². The first-order valence-electron chi connectivity index (χ1n) is 5.01. The molecule has 0 saturated carbocycles. The van der Waals surface area contributed by atoms with Gasteiger partial charge in [-0.2, -0.15) is 0 Å². The number of phenolic OH excluding ortho intramolecular Hbond substituents is 1. The first kappa shape index (κ1) is 11.8. The van der Waals surface area contributed by atoms with E-state index < -0.39 is 0 Å². The Labute approximate surface area is 89.8 Å². The maximum atomic E-state index is 9.29. The first-order valence-corrected chi connectivity index (χ1v) is 5.01. The largest absolute Gasteiger partial charge is 0.508 e. The number of methoxy groups -OCH3 is 1. The Kier molecular flexibility index (Phi) is 4.39. The van der Waals surface area contributed by atoms with Crippen molar-refractivity contribution in [1.82, 2.24) is 0 Å². The van der Waals surface area contributed by atoms with Gasteiger partial charge in [0.25, 0.3) is 0 Å². The van der Waals surface area contributed by atoms with Crippen LogP contribution in [-0.4, -0.2) is 18.8 Å². The van der Waals surface area contributed by atoms with Crippen molar-refractivity contribution in [3.8, 4) is 11.5 Å². The van der Waals surface area contributed by atoms with E-state index in [0.717, 1.165) is 18.4 Å². The van der Waals surface area contributed by atoms with Crippen LogP contribution in [0.4, 0.5) is 0 Å². The number of rotatable bonds is 5. The minimum absolute atomic E-state index is 0.0934. The maximum absolute atomic E-state index is 9.29. The van der Waals surface area contributed by atoms with Gasteiger partial charge in [0.1, 0.15) is 11.5 Å². The summed E-state index contributed by atoms with van der Waals surface area (Å²) in [6, 6.07) is 4.87. The molecule has 0 amide bonds. The van der Waals surface area contributed by atoms with E-state index in [4.69, 9.17) is 16.2 Å². The highest BCUT2D eigenvalue weighted by atomic mass is 16.5. The Morgan fingerprint density at radius 1 is 1.47 bits per heavy atom. The summed E-state index contributed by atoms with van der Waals surface area (Å²) in [6.45, 7) is 0.633. The summed E-state index contributed by atoms with van der Waals surface area (Å²) < 4.78 is 5.16. The van der Waals surface area contributed by atoms with E-state index in [2.05, 4.69) is 0 Å². The molecule has 0 heterocycles. The maximum Gasteiger partial charge on any atom is 0.127 e. The lowest BCUT2D eigenvalue weighted by Gasteiger charge is -2.15. The molecule has 0 radical (unpaired) electrons. The third kappa shape index (κ3) is 3.11. The van der Waals surface area contributed by atoms with Crippen LogP contribution in [0.15, 0.2) is 18.2 Å². The fourth-order valence-corrected chi connectivity index (χ4v) is 1.50. The smallest absolute Gasteiger partial charge is 0.127 e. The second-order valence-corrected chi connectivity index (χ2v) is 3.46. The Balaban J connectivity index is 2.82. The van der Waals surface area contributed by atoms with Gasteiger partial charge in [-0.15, -0.1) is 0 Å². The first-order chi connectivity index (χ1) is 7.19. The molecule has 0 aliphatic carbocycles. The molecule has 84 valence electrons. The van der Waals surface area contributed by atoms with E-state index in [1.165, 1.54) is 0 Å². The van der Waals surface area contributed by atoms with Crippen LogP contribution in [-0.2, 0) is 0 Å². The van der Waals surface area contributed by atoms with Crippen LogP contribution >= 0.6 is 0 Å². The summed E-state index contributed by atoms with van der Waals surface area (Å²) in [6.07, 6.45) is 1.70. The zero-order chi connectivity index (χ0) is 11.3. The fourth-order valence-electron chi connectivity index (χ4n) is 1.50. The highest BCUT2D eigenvalue weighted by Gasteiger charge is 2.11. The van der Waals surface area contributed by atoms with Gasteiger partial charge in [-0.3, -0.25) is 0 Å². The average Bonchev–Trinajstić information content (AvgIpc) is 2.25. The number of phenols is 1. The Morgan fingerprint density at radius 2 is 2.20 bits per heavy atom. The highest BCUT2D eigenvalue weighted by Crippen LogP contribution is 2.29. The van der Waals surface area contributed by atoms with Crippen LogP contribution in [0.25, 0.3) is 0 Å². The van der Waals surface area contributed by atoms with Crippen LogP contribution in [0.1, 0.15) is 24.4 Å². The number of hydrogen-bond donors (Lipinski definition) is 3. The van der Waals surface area contributed by atoms with Crippen molar-refractivity contribution >= 4 is 0 Å². The molecule has 0 aliphatic rings. The summed E-state index contributed by atoms with van der Waals surface area (Å²) in [5, 5.41) is 9.29. The molecule has 0 bridgehead atoms. The van der Waals surface area contributed by atoms with Gasteiger partial charge < -0.3 is 21.3 Å². The lowest BCUT2D eigenvalue weighted by molar-refractivity contribution is 0.397. The molecule has 1 rings (SSSR count). The topological polar surface area (TPSA) is 81.5 Å². The average molecular weight is 210 g/mol. The van der Waals surface area contributed by atoms with E-state index in [9.17, 15) is 5.11 Å². The van der Waals surface area contributed by atoms with Crippen molar-refractivity contribution in [3.05, 3.63) is 23.8 Å². The van der Waals surface area contributed by atoms with Crippen molar-refractivity contribution in [3.63, 3.8) is 0 Å². The minimum Gasteiger partial charge on any atom is -0.508 e. The molecular weight excluding hydrogens is 192 g/mol. The van der Waals surface area contributed by atoms with Crippen LogP contribution in [0, 0.1) is 0 Å². The summed E-state index contributed by atoms with van der Waals surface area (Å²) in [7, 11) is 1.56. The van der Waals surface area contributed by atoms with Crippen LogP contribution in [0.3, 0.4) is 0 Å². The number of aromatic hydroxyl groups is 1. The van der Waals surface area contributed by atoms with Crippen molar-refractivity contribution in [1.29, 1.82) is 0 Å². The number of hydrogen-bond acceptors (Lipinski definition) is 4. The van der Waals surface area contributed by atoms with Crippen molar-refractivity contribution in [2.75, 3.05) is 13.7 Å². The van der Waals surface area contributed by atoms with Crippen LogP contribution < -0.4 is 16.2 Å². The van der Waals surface area contributed by atoms with Gasteiger partial charge >= 0.3 is 0 Å². The summed E-state index contributed by atoms with van der Waals surface area (Å²) >= 11 is 0. The van der Waals surface area contributed by atoms with Crippen molar-refractivity contribution in [2.45, 2.75) is 18.9 Å². The Morgan fingerprint density at radius 3 is 2.80 bits per heavy atom. The number of benzene rings is 1. The minimum atomic E-state index is -0.0934. The monoisotopic (exact) mass is 210 g/mol. The molecule has 0 aliphatic heterocycles. The molecule has 0 unspecified atom stereocenters. The van der Waals surface area contributed by atoms with Crippen LogP contribution in [0.2, 0.25) is 0 Å². The Hall–Kier alpha value is -1.26. The van der Waals surface area contributed by atoms with Crippen molar-refractivity contribution in [2.24, 2.45) is 11.5 Å². The van der Waals surface area contributed by atoms with Crippen LogP contribution in [0.5, 0.6) is 11.5 Å². The third-order valence-electron chi connectivity index (χ3n) is 2.34. The molecular formula is C11H18N2O2. The molecule has 15 heavy (non-hydrogen) atoms. The molecule has 1 aromatic rings. The zero-order valence-corrected chi connectivity index (χ0v) is 8.94. The molecule has 4 nitrogen and oxygen atoms in total. The third-order valence-corrected chi connectivity index (χ3v) is 2.34. The quantitative estimate of drug-likeness (QED) is 0.680. The van der Waals surface area contributed by atoms with Gasteiger partial charge in [-0.25, -0.2) is 0 Å². The lowest BCUT2D eigenvalue weighted by Crippen LogP contribution is -2.13. The zero-order valence-electron chi connectivity index (χ0n) is 8.94. The molecule has 0 fully saturated rings. The SMILES string of the molecule is COc1cc(O)ccc1[C@H](N)CCCN. The fraction of sp³-hybridized carbons (Fsp3) is 0.455. The molecule has 0 aromatic heterocycles. The normalized spacial score (nSPS) is 12.5. The number of ether oxygens (including phenoxy) is 1. The standard InChI is InChI=1S/C11H18N2O2/c1-15-11-7-8(14)4-5-9(11)10(13)3-2-6-12/h4-5,7,10,14H,2-3,6,12-13H2,1H3/t10-/m1/s1. The molecule has 0 saturated heterocycles. The molecule has 1 aromatic carbocycles. The lowest BCUT2D eigenvalue weighted by atomic mass is 10.0. The molecule has 4 heteroatoms. The summed E-state index contributed by atoms with van der Waals surface area (Å²) in [5.41, 5.74) is 12.3. The van der Waals surface area contributed by atoms with E-state index in [1.807, 2.05) is 0 Å². The van der Waals surface area contributed by atoms with Gasteiger partial charge in [-0.05, 0) is 25.5 Å². The van der Waals surface area contributed by atoms with E-state index in [0.29, 0.717) is 12.3 Å². The molecule has 5 N–H and O–H groups in total. The molecule has 0 spiro atoms. The van der Waals surface area contributed by atoms with Gasteiger partial charge in [-0.1, -0.05) is 6.07 Å². The summed E-state index contributed by atoms with van der Waals surface area (Å²) in [5.74, 6) is 0.807. The van der Waals surface area contributed by atoms with Crippen molar-refractivity contribution < 1.29 is 9.84 Å². The number of nitrogens with two attached hydrogens (primary N) is 2. The van der Waals surface area contributed by atoms with E-state index >= 15 is 0 Å². The second kappa shape index (κ2) is 5.58. The van der Waals surface area contributed by atoms with E-state index in [1.54, 1.807) is 25.3 Å².